The lowest BCUT2D eigenvalue weighted by molar-refractivity contribution is -0.180. The number of nitrogens with two attached hydrogens (primary N) is 1. The molecule has 0 saturated carbocycles. The van der Waals surface area contributed by atoms with Gasteiger partial charge in [0.25, 0.3) is 0 Å². The Morgan fingerprint density at radius 1 is 1.05 bits per heavy atom. The van der Waals surface area contributed by atoms with Crippen LogP contribution >= 0.6 is 0 Å². The van der Waals surface area contributed by atoms with E-state index in [9.17, 15) is 14.7 Å². The largest absolute Gasteiger partial charge is 0.458 e. The minimum Gasteiger partial charge on any atom is -0.458 e. The van der Waals surface area contributed by atoms with Crippen molar-refractivity contribution in [3.8, 4) is 0 Å². The third-order valence-corrected chi connectivity index (χ3v) is 2.60. The maximum absolute atomic E-state index is 12.0. The van der Waals surface area contributed by atoms with Gasteiger partial charge in [-0.2, -0.15) is 0 Å². The number of aliphatic hydroxyl groups excluding tert-OH is 1. The zero-order valence-electron chi connectivity index (χ0n) is 12.6. The van der Waals surface area contributed by atoms with Gasteiger partial charge in [0.15, 0.2) is 0 Å². The molecule has 0 aliphatic carbocycles. The maximum Gasteiger partial charge on any atom is 0.340 e. The number of hydrogen-bond acceptors (Lipinski definition) is 6. The maximum atomic E-state index is 12.0. The molecule has 0 spiro atoms. The molecule has 0 aliphatic rings. The lowest BCUT2D eigenvalue weighted by Crippen LogP contribution is -2.61. The fourth-order valence-corrected chi connectivity index (χ4v) is 0.996. The van der Waals surface area contributed by atoms with Crippen LogP contribution in [0, 0.1) is 0 Å². The number of carbonyl (C=O) groups is 2. The van der Waals surface area contributed by atoms with E-state index in [2.05, 4.69) is 0 Å². The molecule has 0 radical (unpaired) electrons. The quantitative estimate of drug-likeness (QED) is 0.567. The van der Waals surface area contributed by atoms with Gasteiger partial charge in [0.1, 0.15) is 11.2 Å². The smallest absolute Gasteiger partial charge is 0.340 e. The van der Waals surface area contributed by atoms with Crippen molar-refractivity contribution in [1.29, 1.82) is 0 Å². The van der Waals surface area contributed by atoms with E-state index in [1.165, 1.54) is 0 Å². The van der Waals surface area contributed by atoms with Crippen LogP contribution in [0.15, 0.2) is 0 Å². The summed E-state index contributed by atoms with van der Waals surface area (Å²) in [6, 6.07) is 0. The monoisotopic (exact) mass is 275 g/mol. The third-order valence-electron chi connectivity index (χ3n) is 2.60. The summed E-state index contributed by atoms with van der Waals surface area (Å²) >= 11 is 0. The second-order valence-electron chi connectivity index (χ2n) is 6.13. The Bertz CT molecular complexity index is 345. The Balaban J connectivity index is 5.06. The van der Waals surface area contributed by atoms with E-state index in [1.54, 1.807) is 34.6 Å². The van der Waals surface area contributed by atoms with Crippen molar-refractivity contribution in [2.24, 2.45) is 5.73 Å². The van der Waals surface area contributed by atoms with Crippen molar-refractivity contribution in [3.05, 3.63) is 0 Å². The molecule has 0 amide bonds. The Morgan fingerprint density at radius 2 is 1.47 bits per heavy atom. The zero-order chi connectivity index (χ0) is 15.5. The van der Waals surface area contributed by atoms with Crippen LogP contribution in [0.3, 0.4) is 0 Å². The molecule has 0 unspecified atom stereocenters. The van der Waals surface area contributed by atoms with Gasteiger partial charge < -0.3 is 20.3 Å². The van der Waals surface area contributed by atoms with Crippen LogP contribution in [-0.4, -0.2) is 40.4 Å². The first kappa shape index (κ1) is 17.9. The van der Waals surface area contributed by atoms with Crippen LogP contribution in [0.5, 0.6) is 0 Å². The molecule has 6 heteroatoms. The molecule has 0 aliphatic heterocycles. The molecule has 0 aromatic carbocycles. The van der Waals surface area contributed by atoms with Crippen LogP contribution in [0.1, 0.15) is 48.0 Å². The Hall–Kier alpha value is -1.14. The minimum atomic E-state index is -2.19. The molecule has 0 aromatic rings. The van der Waals surface area contributed by atoms with Gasteiger partial charge in [-0.05, 0) is 41.0 Å². The van der Waals surface area contributed by atoms with E-state index in [-0.39, 0.29) is 0 Å². The fraction of sp³-hybridized carbons (Fsp3) is 0.846. The van der Waals surface area contributed by atoms with Crippen molar-refractivity contribution in [2.75, 3.05) is 6.61 Å². The second-order valence-corrected chi connectivity index (χ2v) is 6.13. The SMILES string of the molecule is CCC(C)(C)OC(=O)[C@](N)(CO)C(=O)OC(C)(C)C. The van der Waals surface area contributed by atoms with Crippen LogP contribution in [0.25, 0.3) is 0 Å². The predicted molar refractivity (Wildman–Crippen MR) is 70.3 cm³/mol. The Kier molecular flexibility index (Phi) is 5.53. The molecule has 0 saturated heterocycles. The molecule has 0 aromatic heterocycles. The van der Waals surface area contributed by atoms with E-state index >= 15 is 0 Å². The summed E-state index contributed by atoms with van der Waals surface area (Å²) < 4.78 is 10.2. The Morgan fingerprint density at radius 3 is 1.79 bits per heavy atom. The van der Waals surface area contributed by atoms with Gasteiger partial charge in [-0.15, -0.1) is 0 Å². The van der Waals surface area contributed by atoms with Gasteiger partial charge >= 0.3 is 11.9 Å². The summed E-state index contributed by atoms with van der Waals surface area (Å²) in [6.45, 7) is 9.27. The minimum absolute atomic E-state index is 0.550. The first-order chi connectivity index (χ1) is 8.38. The van der Waals surface area contributed by atoms with Gasteiger partial charge in [-0.1, -0.05) is 6.92 Å². The van der Waals surface area contributed by atoms with Crippen LogP contribution in [-0.2, 0) is 19.1 Å². The van der Waals surface area contributed by atoms with E-state index in [4.69, 9.17) is 15.2 Å². The summed E-state index contributed by atoms with van der Waals surface area (Å²) in [6.07, 6.45) is 0.550. The number of aliphatic hydroxyl groups is 1. The standard InChI is InChI=1S/C13H25NO5/c1-7-12(5,6)19-10(17)13(14,8-15)9(16)18-11(2,3)4/h15H,7-8,14H2,1-6H3/t13-/m0/s1. The summed E-state index contributed by atoms with van der Waals surface area (Å²) in [5.41, 5.74) is 1.89. The average Bonchev–Trinajstić information content (AvgIpc) is 2.24. The number of esters is 2. The molecule has 0 bridgehead atoms. The second kappa shape index (κ2) is 5.88. The summed E-state index contributed by atoms with van der Waals surface area (Å²) in [5.74, 6) is -1.99. The molecule has 112 valence electrons. The molecule has 6 nitrogen and oxygen atoms in total. The first-order valence-electron chi connectivity index (χ1n) is 6.24. The van der Waals surface area contributed by atoms with Crippen molar-refractivity contribution in [1.82, 2.24) is 0 Å². The summed E-state index contributed by atoms with van der Waals surface area (Å²) in [4.78, 5) is 23.9. The third kappa shape index (κ3) is 5.16. The van der Waals surface area contributed by atoms with Crippen molar-refractivity contribution in [2.45, 2.75) is 64.7 Å². The molecule has 0 fully saturated rings. The van der Waals surface area contributed by atoms with Crippen molar-refractivity contribution >= 4 is 11.9 Å². The first-order valence-corrected chi connectivity index (χ1v) is 6.24. The molecule has 0 heterocycles. The normalized spacial score (nSPS) is 15.6. The number of rotatable bonds is 5. The number of ether oxygens (including phenoxy) is 2. The van der Waals surface area contributed by atoms with Gasteiger partial charge in [0.2, 0.25) is 5.54 Å². The van der Waals surface area contributed by atoms with Gasteiger partial charge in [0.05, 0.1) is 6.61 Å². The van der Waals surface area contributed by atoms with Crippen molar-refractivity contribution in [3.63, 3.8) is 0 Å². The summed E-state index contributed by atoms with van der Waals surface area (Å²) in [7, 11) is 0. The molecular weight excluding hydrogens is 250 g/mol. The van der Waals surface area contributed by atoms with E-state index in [0.717, 1.165) is 0 Å². The van der Waals surface area contributed by atoms with E-state index in [1.807, 2.05) is 6.92 Å². The highest BCUT2D eigenvalue weighted by Crippen LogP contribution is 2.19. The van der Waals surface area contributed by atoms with Crippen LogP contribution in [0.2, 0.25) is 0 Å². The number of hydrogen-bond donors (Lipinski definition) is 2. The van der Waals surface area contributed by atoms with E-state index in [0.29, 0.717) is 6.42 Å². The lowest BCUT2D eigenvalue weighted by atomic mass is 10.0. The number of carbonyl (C=O) groups excluding carboxylic acids is 2. The average molecular weight is 275 g/mol. The molecule has 19 heavy (non-hydrogen) atoms. The summed E-state index contributed by atoms with van der Waals surface area (Å²) in [5, 5.41) is 9.27. The molecule has 3 N–H and O–H groups in total. The van der Waals surface area contributed by atoms with Crippen LogP contribution in [0.4, 0.5) is 0 Å². The van der Waals surface area contributed by atoms with Crippen molar-refractivity contribution < 1.29 is 24.2 Å². The Labute approximate surface area is 114 Å². The highest BCUT2D eigenvalue weighted by Gasteiger charge is 2.48. The van der Waals surface area contributed by atoms with Gasteiger partial charge in [0, 0.05) is 0 Å². The molecular formula is C13H25NO5. The predicted octanol–water partition coefficient (Wildman–Crippen LogP) is 0.750. The topological polar surface area (TPSA) is 98.9 Å². The zero-order valence-corrected chi connectivity index (χ0v) is 12.6. The molecule has 0 rings (SSSR count). The van der Waals surface area contributed by atoms with Gasteiger partial charge in [-0.3, -0.25) is 0 Å². The van der Waals surface area contributed by atoms with Crippen LogP contribution < -0.4 is 5.73 Å². The highest BCUT2D eigenvalue weighted by molar-refractivity contribution is 6.05. The van der Waals surface area contributed by atoms with E-state index < -0.39 is 35.3 Å². The fourth-order valence-electron chi connectivity index (χ4n) is 0.996. The van der Waals surface area contributed by atoms with Gasteiger partial charge in [-0.25, -0.2) is 9.59 Å². The lowest BCUT2D eigenvalue weighted by Gasteiger charge is -2.31. The highest BCUT2D eigenvalue weighted by atomic mass is 16.6. The molecule has 1 atom stereocenters.